The van der Waals surface area contributed by atoms with E-state index < -0.39 is 12.6 Å². The number of Topliss-reactive ketones (excluding diaryl/α,β-unsaturated/α-hetero) is 1. The molecule has 104 valence electrons. The van der Waals surface area contributed by atoms with Gasteiger partial charge in [0.2, 0.25) is 0 Å². The summed E-state index contributed by atoms with van der Waals surface area (Å²) < 4.78 is 32.9. The highest BCUT2D eigenvalue weighted by Crippen LogP contribution is 2.15. The van der Waals surface area contributed by atoms with E-state index in [1.807, 2.05) is 0 Å². The average molecular weight is 272 g/mol. The van der Waals surface area contributed by atoms with Crippen molar-refractivity contribution in [3.63, 3.8) is 0 Å². The van der Waals surface area contributed by atoms with E-state index in [-0.39, 0.29) is 23.7 Å². The second-order valence-electron chi connectivity index (χ2n) is 3.84. The van der Waals surface area contributed by atoms with Crippen molar-refractivity contribution in [2.24, 2.45) is 0 Å². The zero-order valence-corrected chi connectivity index (χ0v) is 10.4. The summed E-state index contributed by atoms with van der Waals surface area (Å²) in [6.07, 6.45) is 0.822. The van der Waals surface area contributed by atoms with Gasteiger partial charge in [-0.15, -0.1) is 0 Å². The Bertz CT molecular complexity index is 429. The summed E-state index contributed by atoms with van der Waals surface area (Å²) in [5, 5.41) is 0. The molecule has 1 aromatic rings. The van der Waals surface area contributed by atoms with E-state index in [9.17, 15) is 18.4 Å². The molecular formula is C13H14F2O4. The molecular weight excluding hydrogens is 258 g/mol. The van der Waals surface area contributed by atoms with Crippen LogP contribution in [-0.2, 0) is 9.53 Å². The Labute approximate surface area is 109 Å². The molecule has 1 rings (SSSR count). The number of rotatable bonds is 7. The zero-order valence-electron chi connectivity index (χ0n) is 10.4. The Kier molecular flexibility index (Phi) is 5.92. The molecule has 0 aliphatic carbocycles. The number of hydrogen-bond donors (Lipinski definition) is 0. The van der Waals surface area contributed by atoms with E-state index in [1.165, 1.54) is 31.2 Å². The van der Waals surface area contributed by atoms with E-state index in [2.05, 4.69) is 4.74 Å². The SMILES string of the molecule is CC(=O)CCCOC(=O)c1ccc(OC(F)F)cc1. The van der Waals surface area contributed by atoms with E-state index in [1.54, 1.807) is 0 Å². The lowest BCUT2D eigenvalue weighted by atomic mass is 10.2. The highest BCUT2D eigenvalue weighted by atomic mass is 19.3. The minimum atomic E-state index is -2.90. The number of halogens is 2. The van der Waals surface area contributed by atoms with Crippen molar-refractivity contribution in [1.82, 2.24) is 0 Å². The van der Waals surface area contributed by atoms with Gasteiger partial charge in [-0.25, -0.2) is 4.79 Å². The molecule has 0 spiro atoms. The monoisotopic (exact) mass is 272 g/mol. The summed E-state index contributed by atoms with van der Waals surface area (Å²) in [5.41, 5.74) is 0.240. The predicted octanol–water partition coefficient (Wildman–Crippen LogP) is 2.81. The summed E-state index contributed by atoms with van der Waals surface area (Å²) >= 11 is 0. The quantitative estimate of drug-likeness (QED) is 0.565. The van der Waals surface area contributed by atoms with Crippen LogP contribution in [0.15, 0.2) is 24.3 Å². The van der Waals surface area contributed by atoms with Gasteiger partial charge in [0, 0.05) is 6.42 Å². The van der Waals surface area contributed by atoms with Crippen LogP contribution in [-0.4, -0.2) is 25.0 Å². The third-order valence-corrected chi connectivity index (χ3v) is 2.22. The smallest absolute Gasteiger partial charge is 0.387 e. The largest absolute Gasteiger partial charge is 0.462 e. The third-order valence-electron chi connectivity index (χ3n) is 2.22. The van der Waals surface area contributed by atoms with Crippen LogP contribution in [0.4, 0.5) is 8.78 Å². The van der Waals surface area contributed by atoms with Crippen LogP contribution in [0.5, 0.6) is 5.75 Å². The van der Waals surface area contributed by atoms with Crippen molar-refractivity contribution in [2.75, 3.05) is 6.61 Å². The normalized spacial score (nSPS) is 10.3. The van der Waals surface area contributed by atoms with Gasteiger partial charge in [-0.1, -0.05) is 0 Å². The van der Waals surface area contributed by atoms with Gasteiger partial charge in [-0.2, -0.15) is 8.78 Å². The molecule has 0 fully saturated rings. The second-order valence-corrected chi connectivity index (χ2v) is 3.84. The Balaban J connectivity index is 2.42. The van der Waals surface area contributed by atoms with Gasteiger partial charge < -0.3 is 14.3 Å². The summed E-state index contributed by atoms with van der Waals surface area (Å²) in [5.74, 6) is -0.556. The minimum Gasteiger partial charge on any atom is -0.462 e. The molecule has 1 aromatic carbocycles. The van der Waals surface area contributed by atoms with Gasteiger partial charge in [-0.05, 0) is 37.6 Å². The van der Waals surface area contributed by atoms with Crippen LogP contribution < -0.4 is 4.74 Å². The molecule has 0 bridgehead atoms. The van der Waals surface area contributed by atoms with E-state index in [0.717, 1.165) is 0 Å². The van der Waals surface area contributed by atoms with Crippen molar-refractivity contribution in [3.8, 4) is 5.75 Å². The summed E-state index contributed by atoms with van der Waals surface area (Å²) in [7, 11) is 0. The first kappa shape index (κ1) is 15.1. The topological polar surface area (TPSA) is 52.6 Å². The minimum absolute atomic E-state index is 0.0249. The van der Waals surface area contributed by atoms with Crippen LogP contribution in [0.1, 0.15) is 30.1 Å². The van der Waals surface area contributed by atoms with Gasteiger partial charge in [-0.3, -0.25) is 0 Å². The Morgan fingerprint density at radius 2 is 1.84 bits per heavy atom. The second kappa shape index (κ2) is 7.45. The first-order chi connectivity index (χ1) is 8.99. The fourth-order valence-electron chi connectivity index (χ4n) is 1.34. The molecule has 0 aromatic heterocycles. The molecule has 19 heavy (non-hydrogen) atoms. The first-order valence-electron chi connectivity index (χ1n) is 5.70. The fourth-order valence-corrected chi connectivity index (χ4v) is 1.34. The highest BCUT2D eigenvalue weighted by Gasteiger charge is 2.09. The van der Waals surface area contributed by atoms with E-state index in [0.29, 0.717) is 12.8 Å². The highest BCUT2D eigenvalue weighted by molar-refractivity contribution is 5.89. The predicted molar refractivity (Wildman–Crippen MR) is 63.3 cm³/mol. The molecule has 0 N–H and O–H groups in total. The number of benzene rings is 1. The van der Waals surface area contributed by atoms with Crippen molar-refractivity contribution in [2.45, 2.75) is 26.4 Å². The molecule has 0 saturated carbocycles. The number of ether oxygens (including phenoxy) is 2. The van der Waals surface area contributed by atoms with Crippen LogP contribution in [0.2, 0.25) is 0 Å². The number of carbonyl (C=O) groups is 2. The maximum Gasteiger partial charge on any atom is 0.387 e. The van der Waals surface area contributed by atoms with Gasteiger partial charge in [0.05, 0.1) is 12.2 Å². The molecule has 0 aliphatic heterocycles. The van der Waals surface area contributed by atoms with Gasteiger partial charge >= 0.3 is 12.6 Å². The number of hydrogen-bond acceptors (Lipinski definition) is 4. The van der Waals surface area contributed by atoms with E-state index in [4.69, 9.17) is 4.74 Å². The maximum atomic E-state index is 11.9. The first-order valence-corrected chi connectivity index (χ1v) is 5.70. The molecule has 6 heteroatoms. The maximum absolute atomic E-state index is 11.9. The molecule has 0 unspecified atom stereocenters. The number of ketones is 1. The van der Waals surface area contributed by atoms with Crippen molar-refractivity contribution in [1.29, 1.82) is 0 Å². The lowest BCUT2D eigenvalue weighted by Gasteiger charge is -2.06. The standard InChI is InChI=1S/C13H14F2O4/c1-9(16)3-2-8-18-12(17)10-4-6-11(7-5-10)19-13(14)15/h4-7,13H,2-3,8H2,1H3. The van der Waals surface area contributed by atoms with Crippen LogP contribution in [0.3, 0.4) is 0 Å². The van der Waals surface area contributed by atoms with E-state index >= 15 is 0 Å². The summed E-state index contributed by atoms with van der Waals surface area (Å²) in [6, 6.07) is 5.20. The van der Waals surface area contributed by atoms with Crippen molar-refractivity contribution >= 4 is 11.8 Å². The molecule has 0 radical (unpaired) electrons. The molecule has 0 atom stereocenters. The lowest BCUT2D eigenvalue weighted by Crippen LogP contribution is -2.08. The van der Waals surface area contributed by atoms with Crippen LogP contribution in [0, 0.1) is 0 Å². The van der Waals surface area contributed by atoms with Gasteiger partial charge in [0.15, 0.2) is 0 Å². The average Bonchev–Trinajstić information content (AvgIpc) is 2.34. The number of esters is 1. The Morgan fingerprint density at radius 1 is 1.21 bits per heavy atom. The number of alkyl halides is 2. The lowest BCUT2D eigenvalue weighted by molar-refractivity contribution is -0.117. The Hall–Kier alpha value is -1.98. The van der Waals surface area contributed by atoms with Gasteiger partial charge in [0.25, 0.3) is 0 Å². The Morgan fingerprint density at radius 3 is 2.37 bits per heavy atom. The fraction of sp³-hybridized carbons (Fsp3) is 0.385. The van der Waals surface area contributed by atoms with Crippen LogP contribution >= 0.6 is 0 Å². The zero-order chi connectivity index (χ0) is 14.3. The van der Waals surface area contributed by atoms with Crippen molar-refractivity contribution in [3.05, 3.63) is 29.8 Å². The molecule has 0 aliphatic rings. The molecule has 0 amide bonds. The van der Waals surface area contributed by atoms with Crippen molar-refractivity contribution < 1.29 is 27.8 Å². The molecule has 0 saturated heterocycles. The molecule has 0 heterocycles. The third kappa shape index (κ3) is 5.94. The van der Waals surface area contributed by atoms with Crippen LogP contribution in [0.25, 0.3) is 0 Å². The summed E-state index contributed by atoms with van der Waals surface area (Å²) in [4.78, 5) is 22.2. The molecule has 4 nitrogen and oxygen atoms in total. The summed E-state index contributed by atoms with van der Waals surface area (Å²) in [6.45, 7) is -1.29. The van der Waals surface area contributed by atoms with Gasteiger partial charge in [0.1, 0.15) is 11.5 Å². The number of carbonyl (C=O) groups excluding carboxylic acids is 2.